The number of hydrogen-bond acceptors (Lipinski definition) is 15. The Hall–Kier alpha value is -4.37. The van der Waals surface area contributed by atoms with Crippen molar-refractivity contribution >= 4 is 56.1 Å². The summed E-state index contributed by atoms with van der Waals surface area (Å²) in [6, 6.07) is -1.02. The molecule has 2 amide bonds. The summed E-state index contributed by atoms with van der Waals surface area (Å²) in [5.74, 6) is -3.13. The van der Waals surface area contributed by atoms with Crippen LogP contribution in [0.3, 0.4) is 0 Å². The van der Waals surface area contributed by atoms with E-state index >= 15 is 0 Å². The normalized spacial score (nSPS) is 22.7. The van der Waals surface area contributed by atoms with E-state index in [2.05, 4.69) is 35.4 Å². The molecule has 2 fully saturated rings. The van der Waals surface area contributed by atoms with E-state index < -0.39 is 58.2 Å². The molecular weight excluding hydrogens is 648 g/mol. The van der Waals surface area contributed by atoms with Gasteiger partial charge in [-0.05, 0) is 58.0 Å². The molecule has 0 spiro atoms. The number of thiazole rings is 1. The van der Waals surface area contributed by atoms with E-state index in [1.54, 1.807) is 25.3 Å². The highest BCUT2D eigenvalue weighted by atomic mass is 32.3. The Balaban J connectivity index is 1.46. The minimum absolute atomic E-state index is 0.0610. The summed E-state index contributed by atoms with van der Waals surface area (Å²) in [7, 11) is -3.36. The van der Waals surface area contributed by atoms with Crippen molar-refractivity contribution in [1.29, 1.82) is 0 Å². The first-order chi connectivity index (χ1) is 21.7. The molecule has 3 heterocycles. The summed E-state index contributed by atoms with van der Waals surface area (Å²) in [6.07, 6.45) is 7.12. The SMILES string of the molecule is C/N=C1\C=CC(OC[C@H](O/N=C(\C(=O)N[C@@H]2C(=O)N(OS(=O)(=O)O)C2(C)C)c2csc(N)n2)C(=O)O)=C\C1=C\NC1CCNCC1. The molecule has 0 saturated carbocycles. The van der Waals surface area contributed by atoms with Crippen molar-refractivity contribution in [2.75, 3.05) is 32.5 Å². The standard InChI is InChI=1S/C26H34N8O10S2/c1-26(2)21(23(36)34(26)44-46(39,40)41)32-22(35)20(18-13-45-25(27)31-18)33-43-19(24(37)38)12-42-16-4-5-17(28-3)14(10-16)11-30-15-6-8-29-9-7-15/h4-5,10-11,13,15,19,21,29-30H,6-9,12H2,1-3H3,(H2,27,31)(H,32,35)(H,37,38)(H,39,40,41)/b14-11-,28-17+,33-20-/t19-,21+/m0/s1. The number of carbonyl (C=O) groups is 3. The smallest absolute Gasteiger partial charge is 0.418 e. The van der Waals surface area contributed by atoms with Gasteiger partial charge in [-0.1, -0.05) is 5.16 Å². The van der Waals surface area contributed by atoms with E-state index in [-0.39, 0.29) is 10.8 Å². The fourth-order valence-corrected chi connectivity index (χ4v) is 5.59. The highest BCUT2D eigenvalue weighted by Gasteiger charge is 2.58. The van der Waals surface area contributed by atoms with Crippen LogP contribution in [0.4, 0.5) is 5.13 Å². The van der Waals surface area contributed by atoms with Gasteiger partial charge in [0.1, 0.15) is 24.1 Å². The van der Waals surface area contributed by atoms with Crippen molar-refractivity contribution in [2.24, 2.45) is 10.1 Å². The molecule has 2 saturated heterocycles. The molecular formula is C26H34N8O10S2. The van der Waals surface area contributed by atoms with E-state index in [4.69, 9.17) is 19.9 Å². The van der Waals surface area contributed by atoms with Crippen molar-refractivity contribution in [3.63, 3.8) is 0 Å². The van der Waals surface area contributed by atoms with Gasteiger partial charge in [0.25, 0.3) is 17.9 Å². The van der Waals surface area contributed by atoms with Crippen LogP contribution in [-0.2, 0) is 38.6 Å². The number of hydrogen-bond donors (Lipinski definition) is 6. The molecule has 0 aromatic carbocycles. The lowest BCUT2D eigenvalue weighted by Gasteiger charge is -2.50. The number of nitrogens with zero attached hydrogens (tertiary/aromatic N) is 4. The maximum atomic E-state index is 13.2. The number of nitrogen functional groups attached to an aromatic ring is 1. The number of carbonyl (C=O) groups excluding carboxylic acids is 2. The fraction of sp³-hybridized carbons (Fsp3) is 0.462. The topological polar surface area (TPSA) is 256 Å². The third-order valence-corrected chi connectivity index (χ3v) is 8.11. The number of aliphatic carboxylic acids is 1. The Morgan fingerprint density at radius 2 is 2.04 bits per heavy atom. The zero-order chi connectivity index (χ0) is 33.6. The van der Waals surface area contributed by atoms with Crippen LogP contribution in [0.2, 0.25) is 0 Å². The number of carboxylic acids is 1. The fourth-order valence-electron chi connectivity index (χ4n) is 4.59. The molecule has 1 aromatic heterocycles. The van der Waals surface area contributed by atoms with E-state index in [0.29, 0.717) is 22.6 Å². The predicted octanol–water partition coefficient (Wildman–Crippen LogP) is -0.494. The Labute approximate surface area is 268 Å². The number of aliphatic imine (C=N–C) groups is 1. The minimum atomic E-state index is -5.02. The van der Waals surface area contributed by atoms with Crippen LogP contribution in [0.25, 0.3) is 0 Å². The van der Waals surface area contributed by atoms with Crippen LogP contribution in [0, 0.1) is 0 Å². The van der Waals surface area contributed by atoms with Crippen molar-refractivity contribution in [1.82, 2.24) is 26.0 Å². The number of nitrogens with one attached hydrogen (secondary N) is 3. The zero-order valence-corrected chi connectivity index (χ0v) is 26.6. The second-order valence-electron chi connectivity index (χ2n) is 10.7. The van der Waals surface area contributed by atoms with Crippen molar-refractivity contribution in [3.05, 3.63) is 46.8 Å². The van der Waals surface area contributed by atoms with Crippen molar-refractivity contribution in [3.8, 4) is 0 Å². The monoisotopic (exact) mass is 682 g/mol. The van der Waals surface area contributed by atoms with E-state index in [1.807, 2.05) is 6.20 Å². The maximum Gasteiger partial charge on any atom is 0.418 e. The van der Waals surface area contributed by atoms with E-state index in [1.165, 1.54) is 19.2 Å². The molecule has 0 bridgehead atoms. The van der Waals surface area contributed by atoms with Gasteiger partial charge in [-0.3, -0.25) is 19.1 Å². The van der Waals surface area contributed by atoms with Gasteiger partial charge in [0, 0.05) is 30.2 Å². The second-order valence-corrected chi connectivity index (χ2v) is 12.6. The van der Waals surface area contributed by atoms with Crippen LogP contribution in [0.1, 0.15) is 32.4 Å². The van der Waals surface area contributed by atoms with Crippen molar-refractivity contribution < 1.29 is 46.3 Å². The molecule has 18 nitrogen and oxygen atoms in total. The summed E-state index contributed by atoms with van der Waals surface area (Å²) in [5, 5.41) is 24.4. The Bertz CT molecular complexity index is 1610. The van der Waals surface area contributed by atoms with Crippen molar-refractivity contribution in [2.45, 2.75) is 50.4 Å². The molecule has 0 radical (unpaired) electrons. The molecule has 3 aliphatic rings. The highest BCUT2D eigenvalue weighted by molar-refractivity contribution is 7.80. The average Bonchev–Trinajstić information content (AvgIpc) is 3.44. The summed E-state index contributed by atoms with van der Waals surface area (Å²) < 4.78 is 41.1. The minimum Gasteiger partial charge on any atom is -0.489 e. The third-order valence-electron chi connectivity index (χ3n) is 7.10. The largest absolute Gasteiger partial charge is 0.489 e. The van der Waals surface area contributed by atoms with Gasteiger partial charge >= 0.3 is 16.4 Å². The lowest BCUT2D eigenvalue weighted by molar-refractivity contribution is -0.218. The number of oxime groups is 1. The highest BCUT2D eigenvalue weighted by Crippen LogP contribution is 2.33. The number of carboxylic acid groups (broad SMARTS) is 1. The maximum absolute atomic E-state index is 13.2. The Morgan fingerprint density at radius 3 is 2.63 bits per heavy atom. The number of amides is 2. The number of allylic oxidation sites excluding steroid dienone is 4. The summed E-state index contributed by atoms with van der Waals surface area (Å²) >= 11 is 0.962. The molecule has 2 atom stereocenters. The van der Waals surface area contributed by atoms with Gasteiger partial charge in [-0.15, -0.1) is 15.6 Å². The van der Waals surface area contributed by atoms with Crippen LogP contribution >= 0.6 is 11.3 Å². The van der Waals surface area contributed by atoms with E-state index in [0.717, 1.165) is 42.8 Å². The lowest BCUT2D eigenvalue weighted by Crippen LogP contribution is -2.76. The Morgan fingerprint density at radius 1 is 1.33 bits per heavy atom. The quantitative estimate of drug-likeness (QED) is 0.0664. The molecule has 1 aromatic rings. The Kier molecular flexibility index (Phi) is 10.8. The molecule has 2 aliphatic heterocycles. The number of rotatable bonds is 13. The first kappa shape index (κ1) is 34.5. The summed E-state index contributed by atoms with van der Waals surface area (Å²) in [4.78, 5) is 51.2. The second kappa shape index (κ2) is 14.4. The molecule has 250 valence electrons. The number of hydroxylamine groups is 2. The lowest BCUT2D eigenvalue weighted by atomic mass is 9.84. The van der Waals surface area contributed by atoms with Crippen LogP contribution in [0.15, 0.2) is 51.3 Å². The summed E-state index contributed by atoms with van der Waals surface area (Å²) in [5.41, 5.74) is 5.11. The average molecular weight is 683 g/mol. The zero-order valence-electron chi connectivity index (χ0n) is 25.0. The number of piperidine rings is 1. The summed E-state index contributed by atoms with van der Waals surface area (Å²) in [6.45, 7) is 4.06. The number of anilines is 1. The van der Waals surface area contributed by atoms with Gasteiger partial charge in [0.15, 0.2) is 10.8 Å². The van der Waals surface area contributed by atoms with Gasteiger partial charge in [-0.25, -0.2) is 9.78 Å². The molecule has 1 aliphatic carbocycles. The first-order valence-electron chi connectivity index (χ1n) is 13.9. The third kappa shape index (κ3) is 8.46. The van der Waals surface area contributed by atoms with Gasteiger partial charge in [-0.2, -0.15) is 13.5 Å². The first-order valence-corrected chi connectivity index (χ1v) is 16.1. The number of aromatic nitrogens is 1. The van der Waals surface area contributed by atoms with Crippen LogP contribution < -0.4 is 21.7 Å². The number of ether oxygens (including phenoxy) is 1. The molecule has 20 heteroatoms. The number of β-lactam (4-membered cyclic amide) rings is 1. The molecule has 7 N–H and O–H groups in total. The number of nitrogens with two attached hydrogens (primary N) is 1. The predicted molar refractivity (Wildman–Crippen MR) is 165 cm³/mol. The molecule has 4 rings (SSSR count). The van der Waals surface area contributed by atoms with Gasteiger partial charge < -0.3 is 36.4 Å². The van der Waals surface area contributed by atoms with Crippen LogP contribution in [-0.4, -0.2) is 108 Å². The molecule has 0 unspecified atom stereocenters. The van der Waals surface area contributed by atoms with E-state index in [9.17, 15) is 27.9 Å². The molecule has 46 heavy (non-hydrogen) atoms. The van der Waals surface area contributed by atoms with Gasteiger partial charge in [0.2, 0.25) is 0 Å². The van der Waals surface area contributed by atoms with Gasteiger partial charge in [0.05, 0.1) is 11.3 Å². The van der Waals surface area contributed by atoms with Crippen LogP contribution in [0.5, 0.6) is 0 Å².